The molecule has 1 aromatic rings. The third-order valence-corrected chi connectivity index (χ3v) is 1.85. The first kappa shape index (κ1) is 9.72. The molecule has 0 aliphatic carbocycles. The molecule has 0 aliphatic heterocycles. The average Bonchev–Trinajstić information content (AvgIpc) is 2.14. The molecule has 0 fully saturated rings. The van der Waals surface area contributed by atoms with Crippen LogP contribution in [0.1, 0.15) is 25.0 Å². The van der Waals surface area contributed by atoms with E-state index < -0.39 is 0 Å². The summed E-state index contributed by atoms with van der Waals surface area (Å²) in [6, 6.07) is 8.36. The van der Waals surface area contributed by atoms with E-state index in [2.05, 4.69) is 36.2 Å². The molecule has 0 aromatic heterocycles. The second-order valence-electron chi connectivity index (χ2n) is 3.07. The number of rotatable bonds is 2. The molecule has 0 heterocycles. The summed E-state index contributed by atoms with van der Waals surface area (Å²) in [7, 11) is 0. The lowest BCUT2D eigenvalue weighted by atomic mass is 10.1. The van der Waals surface area contributed by atoms with Gasteiger partial charge in [0, 0.05) is 11.9 Å². The number of hydrogen-bond donors (Lipinski definition) is 0. The molecule has 1 nitrogen and oxygen atoms in total. The third kappa shape index (κ3) is 2.86. The van der Waals surface area contributed by atoms with Gasteiger partial charge < -0.3 is 0 Å². The van der Waals surface area contributed by atoms with Crippen molar-refractivity contribution in [3.63, 3.8) is 0 Å². The first-order chi connectivity index (χ1) is 6.24. The Morgan fingerprint density at radius 1 is 1.38 bits per heavy atom. The lowest BCUT2D eigenvalue weighted by Gasteiger charge is -1.99. The first-order valence-corrected chi connectivity index (χ1v) is 4.46. The van der Waals surface area contributed by atoms with Crippen molar-refractivity contribution in [2.24, 2.45) is 4.99 Å². The monoisotopic (exact) mass is 173 g/mol. The molecule has 0 saturated carbocycles. The molecule has 0 saturated heterocycles. The highest BCUT2D eigenvalue weighted by molar-refractivity contribution is 5.99. The van der Waals surface area contributed by atoms with Gasteiger partial charge in [-0.1, -0.05) is 35.9 Å². The van der Waals surface area contributed by atoms with Crippen LogP contribution in [0.25, 0.3) is 0 Å². The summed E-state index contributed by atoms with van der Waals surface area (Å²) in [5.74, 6) is 0. The number of aryl methyl sites for hydroxylation is 1. The summed E-state index contributed by atoms with van der Waals surface area (Å²) in [5.41, 5.74) is 3.52. The van der Waals surface area contributed by atoms with Crippen molar-refractivity contribution in [3.05, 3.63) is 47.7 Å². The topological polar surface area (TPSA) is 12.4 Å². The van der Waals surface area contributed by atoms with Gasteiger partial charge in [0.15, 0.2) is 0 Å². The molecule has 0 spiro atoms. The Labute approximate surface area is 79.8 Å². The smallest absolute Gasteiger partial charge is 0.0444 e. The second kappa shape index (κ2) is 4.61. The second-order valence-corrected chi connectivity index (χ2v) is 3.07. The molecule has 0 radical (unpaired) electrons. The SMILES string of the molecule is C/C=C\N=C(C)c1cccc(C)c1. The van der Waals surface area contributed by atoms with Gasteiger partial charge in [-0.15, -0.1) is 0 Å². The molecule has 1 aromatic carbocycles. The highest BCUT2D eigenvalue weighted by atomic mass is 14.7. The van der Waals surface area contributed by atoms with E-state index in [1.54, 1.807) is 0 Å². The van der Waals surface area contributed by atoms with Crippen molar-refractivity contribution in [3.8, 4) is 0 Å². The fraction of sp³-hybridized carbons (Fsp3) is 0.250. The van der Waals surface area contributed by atoms with Crippen LogP contribution in [0.3, 0.4) is 0 Å². The summed E-state index contributed by atoms with van der Waals surface area (Å²) >= 11 is 0. The summed E-state index contributed by atoms with van der Waals surface area (Å²) in [6.07, 6.45) is 3.75. The summed E-state index contributed by atoms with van der Waals surface area (Å²) in [5, 5.41) is 0. The van der Waals surface area contributed by atoms with Gasteiger partial charge in [0.05, 0.1) is 0 Å². The number of allylic oxidation sites excluding steroid dienone is 1. The molecule has 68 valence electrons. The predicted molar refractivity (Wildman–Crippen MR) is 58.2 cm³/mol. The van der Waals surface area contributed by atoms with Gasteiger partial charge in [-0.05, 0) is 26.3 Å². The molecule has 0 atom stereocenters. The van der Waals surface area contributed by atoms with Crippen LogP contribution in [0, 0.1) is 6.92 Å². The lowest BCUT2D eigenvalue weighted by Crippen LogP contribution is -1.93. The van der Waals surface area contributed by atoms with E-state index in [4.69, 9.17) is 0 Å². The molecule has 0 N–H and O–H groups in total. The number of aliphatic imine (C=N–C) groups is 1. The van der Waals surface area contributed by atoms with E-state index in [0.29, 0.717) is 0 Å². The largest absolute Gasteiger partial charge is 0.261 e. The van der Waals surface area contributed by atoms with Gasteiger partial charge in [-0.25, -0.2) is 0 Å². The molecule has 0 bridgehead atoms. The quantitative estimate of drug-likeness (QED) is 0.608. The molecular formula is C12H15N. The van der Waals surface area contributed by atoms with Crippen molar-refractivity contribution >= 4 is 5.71 Å². The van der Waals surface area contributed by atoms with Gasteiger partial charge in [-0.3, -0.25) is 4.99 Å². The highest BCUT2D eigenvalue weighted by Crippen LogP contribution is 2.05. The van der Waals surface area contributed by atoms with Gasteiger partial charge >= 0.3 is 0 Å². The molecule has 1 rings (SSSR count). The number of hydrogen-bond acceptors (Lipinski definition) is 1. The molecule has 0 amide bonds. The van der Waals surface area contributed by atoms with E-state index in [0.717, 1.165) is 5.71 Å². The molecule has 13 heavy (non-hydrogen) atoms. The maximum Gasteiger partial charge on any atom is 0.0444 e. The van der Waals surface area contributed by atoms with E-state index >= 15 is 0 Å². The minimum absolute atomic E-state index is 1.06. The van der Waals surface area contributed by atoms with Gasteiger partial charge in [-0.2, -0.15) is 0 Å². The highest BCUT2D eigenvalue weighted by Gasteiger charge is 1.94. The number of benzene rings is 1. The predicted octanol–water partition coefficient (Wildman–Crippen LogP) is 3.34. The Morgan fingerprint density at radius 2 is 2.15 bits per heavy atom. The summed E-state index contributed by atoms with van der Waals surface area (Å²) in [6.45, 7) is 6.08. The molecular weight excluding hydrogens is 158 g/mol. The Bertz CT molecular complexity index is 335. The molecule has 1 heteroatoms. The van der Waals surface area contributed by atoms with Crippen LogP contribution in [-0.2, 0) is 0 Å². The van der Waals surface area contributed by atoms with Gasteiger partial charge in [0.2, 0.25) is 0 Å². The standard InChI is InChI=1S/C12H15N/c1-4-8-13-11(3)12-7-5-6-10(2)9-12/h4-9H,1-3H3/b8-4-,13-11?. The van der Waals surface area contributed by atoms with Crippen LogP contribution >= 0.6 is 0 Å². The zero-order valence-electron chi connectivity index (χ0n) is 8.41. The van der Waals surface area contributed by atoms with E-state index in [9.17, 15) is 0 Å². The van der Waals surface area contributed by atoms with Crippen LogP contribution in [0.4, 0.5) is 0 Å². The Kier molecular flexibility index (Phi) is 3.44. The Morgan fingerprint density at radius 3 is 2.77 bits per heavy atom. The Balaban J connectivity index is 2.94. The maximum absolute atomic E-state index is 4.29. The minimum atomic E-state index is 1.06. The Hall–Kier alpha value is -1.37. The minimum Gasteiger partial charge on any atom is -0.261 e. The van der Waals surface area contributed by atoms with Crippen LogP contribution in [0.2, 0.25) is 0 Å². The average molecular weight is 173 g/mol. The van der Waals surface area contributed by atoms with Crippen LogP contribution < -0.4 is 0 Å². The van der Waals surface area contributed by atoms with Crippen LogP contribution in [0.15, 0.2) is 41.5 Å². The van der Waals surface area contributed by atoms with Crippen molar-refractivity contribution < 1.29 is 0 Å². The van der Waals surface area contributed by atoms with Crippen molar-refractivity contribution in [1.29, 1.82) is 0 Å². The fourth-order valence-corrected chi connectivity index (χ4v) is 1.13. The normalized spacial score (nSPS) is 12.4. The van der Waals surface area contributed by atoms with Gasteiger partial charge in [0.1, 0.15) is 0 Å². The van der Waals surface area contributed by atoms with Crippen molar-refractivity contribution in [2.45, 2.75) is 20.8 Å². The lowest BCUT2D eigenvalue weighted by molar-refractivity contribution is 1.42. The third-order valence-electron chi connectivity index (χ3n) is 1.85. The van der Waals surface area contributed by atoms with Gasteiger partial charge in [0.25, 0.3) is 0 Å². The molecule has 0 unspecified atom stereocenters. The fourth-order valence-electron chi connectivity index (χ4n) is 1.13. The zero-order chi connectivity index (χ0) is 9.68. The van der Waals surface area contributed by atoms with Crippen molar-refractivity contribution in [2.75, 3.05) is 0 Å². The van der Waals surface area contributed by atoms with Crippen LogP contribution in [-0.4, -0.2) is 5.71 Å². The summed E-state index contributed by atoms with van der Waals surface area (Å²) < 4.78 is 0. The maximum atomic E-state index is 4.29. The van der Waals surface area contributed by atoms with Crippen LogP contribution in [0.5, 0.6) is 0 Å². The summed E-state index contributed by atoms with van der Waals surface area (Å²) in [4.78, 5) is 4.29. The first-order valence-electron chi connectivity index (χ1n) is 4.46. The number of nitrogens with zero attached hydrogens (tertiary/aromatic N) is 1. The van der Waals surface area contributed by atoms with E-state index in [-0.39, 0.29) is 0 Å². The zero-order valence-corrected chi connectivity index (χ0v) is 8.41. The molecule has 0 aliphatic rings. The van der Waals surface area contributed by atoms with E-state index in [1.165, 1.54) is 11.1 Å². The van der Waals surface area contributed by atoms with Crippen molar-refractivity contribution in [1.82, 2.24) is 0 Å². The van der Waals surface area contributed by atoms with E-state index in [1.807, 2.05) is 26.1 Å².